The van der Waals surface area contributed by atoms with E-state index in [1.807, 2.05) is 24.0 Å². The maximum absolute atomic E-state index is 13.5. The molecule has 3 heterocycles. The van der Waals surface area contributed by atoms with Crippen molar-refractivity contribution in [3.8, 4) is 5.69 Å². The minimum atomic E-state index is -4.48. The lowest BCUT2D eigenvalue weighted by Crippen LogP contribution is -2.48. The molecular formula is C21H20F3N7O. The molecule has 1 aliphatic carbocycles. The number of anilines is 1. The first kappa shape index (κ1) is 20.4. The van der Waals surface area contributed by atoms with Gasteiger partial charge in [-0.05, 0) is 43.4 Å². The summed E-state index contributed by atoms with van der Waals surface area (Å²) < 4.78 is 38.3. The van der Waals surface area contributed by atoms with E-state index in [0.717, 1.165) is 30.8 Å². The number of amides is 1. The third kappa shape index (κ3) is 3.67. The van der Waals surface area contributed by atoms with Crippen LogP contribution in [0.1, 0.15) is 34.3 Å². The molecular weight excluding hydrogens is 423 g/mol. The van der Waals surface area contributed by atoms with Crippen LogP contribution in [0.2, 0.25) is 0 Å². The number of alkyl halides is 3. The van der Waals surface area contributed by atoms with Crippen molar-refractivity contribution in [3.05, 3.63) is 59.7 Å². The van der Waals surface area contributed by atoms with Gasteiger partial charge in [-0.25, -0.2) is 9.97 Å². The normalized spacial score (nSPS) is 22.4. The van der Waals surface area contributed by atoms with Gasteiger partial charge in [-0.1, -0.05) is 6.07 Å². The third-order valence-corrected chi connectivity index (χ3v) is 6.05. The van der Waals surface area contributed by atoms with Crippen LogP contribution in [0.25, 0.3) is 5.69 Å². The number of nitrogens with zero attached hydrogens (tertiary/aromatic N) is 6. The lowest BCUT2D eigenvalue weighted by atomic mass is 10.0. The van der Waals surface area contributed by atoms with E-state index in [-0.39, 0.29) is 23.9 Å². The van der Waals surface area contributed by atoms with Crippen molar-refractivity contribution in [1.29, 1.82) is 0 Å². The lowest BCUT2D eigenvalue weighted by Gasteiger charge is -2.34. The summed E-state index contributed by atoms with van der Waals surface area (Å²) in [5.74, 6) is 0.317. The standard InChI is InChI=1S/C21H20F3N7O/c1-12-2-3-15(17(6-12)31-27-4-5-28-31)19(32)30-11-13-7-16(18(30)8-13)29-20-25-9-14(10-26-20)21(22,23)24/h2-6,9-10,13,16,18H,7-8,11H2,1H3,(H,25,26,29)/t13-,16-,18+/m1/s1. The number of carbonyl (C=O) groups is 1. The highest BCUT2D eigenvalue weighted by Gasteiger charge is 2.47. The Bertz CT molecular complexity index is 1130. The average molecular weight is 443 g/mol. The van der Waals surface area contributed by atoms with Crippen molar-refractivity contribution in [2.24, 2.45) is 5.92 Å². The van der Waals surface area contributed by atoms with E-state index in [0.29, 0.717) is 23.7 Å². The Morgan fingerprint density at radius 2 is 1.84 bits per heavy atom. The SMILES string of the molecule is Cc1ccc(C(=O)N2C[C@@H]3C[C@@H](Nc4ncc(C(F)(F)F)cn4)[C@@H]2C3)c(-n2nccn2)c1. The molecule has 0 radical (unpaired) electrons. The van der Waals surface area contributed by atoms with Crippen LogP contribution in [0.15, 0.2) is 43.0 Å². The first-order valence-corrected chi connectivity index (χ1v) is 10.2. The molecule has 166 valence electrons. The van der Waals surface area contributed by atoms with Gasteiger partial charge in [0.2, 0.25) is 5.95 Å². The highest BCUT2D eigenvalue weighted by molar-refractivity contribution is 5.98. The number of carbonyl (C=O) groups excluding carboxylic acids is 1. The maximum Gasteiger partial charge on any atom is 0.419 e. The van der Waals surface area contributed by atoms with Crippen molar-refractivity contribution in [1.82, 2.24) is 29.9 Å². The van der Waals surface area contributed by atoms with E-state index in [2.05, 4.69) is 25.5 Å². The van der Waals surface area contributed by atoms with Gasteiger partial charge < -0.3 is 10.2 Å². The van der Waals surface area contributed by atoms with Crippen molar-refractivity contribution in [3.63, 3.8) is 0 Å². The summed E-state index contributed by atoms with van der Waals surface area (Å²) in [6.45, 7) is 2.57. The Hall–Kier alpha value is -3.50. The number of rotatable bonds is 4. The van der Waals surface area contributed by atoms with E-state index in [1.54, 1.807) is 18.5 Å². The van der Waals surface area contributed by atoms with Crippen molar-refractivity contribution in [2.45, 2.75) is 38.0 Å². The fourth-order valence-electron chi connectivity index (χ4n) is 4.61. The molecule has 1 saturated heterocycles. The van der Waals surface area contributed by atoms with Gasteiger partial charge in [0.25, 0.3) is 5.91 Å². The second-order valence-electron chi connectivity index (χ2n) is 8.25. The molecule has 1 N–H and O–H groups in total. The first-order chi connectivity index (χ1) is 15.3. The first-order valence-electron chi connectivity index (χ1n) is 10.2. The van der Waals surface area contributed by atoms with Crippen molar-refractivity contribution >= 4 is 11.9 Å². The maximum atomic E-state index is 13.5. The highest BCUT2D eigenvalue weighted by Crippen LogP contribution is 2.40. The minimum Gasteiger partial charge on any atom is -0.349 e. The fraction of sp³-hybridized carbons (Fsp3) is 0.381. The average Bonchev–Trinajstić information content (AvgIpc) is 3.50. The quantitative estimate of drug-likeness (QED) is 0.667. The molecule has 5 rings (SSSR count). The molecule has 1 aromatic carbocycles. The van der Waals surface area contributed by atoms with Crippen LogP contribution in [0.3, 0.4) is 0 Å². The Labute approximate surface area is 181 Å². The molecule has 3 atom stereocenters. The van der Waals surface area contributed by atoms with E-state index in [1.165, 1.54) is 4.80 Å². The molecule has 2 fully saturated rings. The van der Waals surface area contributed by atoms with Crippen LogP contribution in [0.4, 0.5) is 19.1 Å². The van der Waals surface area contributed by atoms with Crippen LogP contribution in [-0.4, -0.2) is 54.4 Å². The molecule has 3 aromatic rings. The largest absolute Gasteiger partial charge is 0.419 e. The van der Waals surface area contributed by atoms with Crippen molar-refractivity contribution < 1.29 is 18.0 Å². The van der Waals surface area contributed by atoms with E-state index < -0.39 is 11.7 Å². The van der Waals surface area contributed by atoms with Crippen molar-refractivity contribution in [2.75, 3.05) is 11.9 Å². The zero-order valence-corrected chi connectivity index (χ0v) is 17.1. The van der Waals surface area contributed by atoms with Gasteiger partial charge in [0, 0.05) is 25.0 Å². The second-order valence-corrected chi connectivity index (χ2v) is 8.25. The molecule has 2 bridgehead atoms. The monoisotopic (exact) mass is 443 g/mol. The van der Waals surface area contributed by atoms with Crippen LogP contribution in [-0.2, 0) is 6.18 Å². The van der Waals surface area contributed by atoms with Gasteiger partial charge in [-0.3, -0.25) is 4.79 Å². The summed E-state index contributed by atoms with van der Waals surface area (Å²) in [5, 5.41) is 11.5. The summed E-state index contributed by atoms with van der Waals surface area (Å²) >= 11 is 0. The number of fused-ring (bicyclic) bond motifs is 2. The molecule has 1 saturated carbocycles. The van der Waals surface area contributed by atoms with Crippen LogP contribution in [0.5, 0.6) is 0 Å². The molecule has 2 aromatic heterocycles. The minimum absolute atomic E-state index is 0.0990. The van der Waals surface area contributed by atoms with Gasteiger partial charge in [0.1, 0.15) is 0 Å². The third-order valence-electron chi connectivity index (χ3n) is 6.05. The number of likely N-dealkylation sites (tertiary alicyclic amines) is 1. The Morgan fingerprint density at radius 3 is 2.50 bits per heavy atom. The van der Waals surface area contributed by atoms with Gasteiger partial charge in [0.15, 0.2) is 0 Å². The number of hydrogen-bond donors (Lipinski definition) is 1. The number of hydrogen-bond acceptors (Lipinski definition) is 6. The second kappa shape index (κ2) is 7.57. The fourth-order valence-corrected chi connectivity index (χ4v) is 4.61. The topological polar surface area (TPSA) is 88.8 Å². The molecule has 1 amide bonds. The lowest BCUT2D eigenvalue weighted by molar-refractivity contribution is -0.138. The van der Waals surface area contributed by atoms with Crippen LogP contribution >= 0.6 is 0 Å². The van der Waals surface area contributed by atoms with E-state index in [4.69, 9.17) is 0 Å². The van der Waals surface area contributed by atoms with Crippen LogP contribution in [0, 0.1) is 12.8 Å². The molecule has 2 aliphatic rings. The number of piperidine rings is 1. The number of aromatic nitrogens is 5. The Balaban J connectivity index is 1.36. The zero-order valence-electron chi connectivity index (χ0n) is 17.1. The number of benzene rings is 1. The van der Waals surface area contributed by atoms with Gasteiger partial charge in [-0.15, -0.1) is 0 Å². The van der Waals surface area contributed by atoms with E-state index >= 15 is 0 Å². The summed E-state index contributed by atoms with van der Waals surface area (Å²) in [4.78, 5) is 24.4. The van der Waals surface area contributed by atoms with Gasteiger partial charge in [-0.2, -0.15) is 28.2 Å². The number of halogens is 3. The predicted octanol–water partition coefficient (Wildman–Crippen LogP) is 3.10. The number of nitrogens with one attached hydrogen (secondary N) is 1. The summed E-state index contributed by atoms with van der Waals surface area (Å²) in [6, 6.07) is 5.29. The Kier molecular flexibility index (Phi) is 4.83. The Morgan fingerprint density at radius 1 is 1.12 bits per heavy atom. The summed E-state index contributed by atoms with van der Waals surface area (Å²) in [7, 11) is 0. The highest BCUT2D eigenvalue weighted by atomic mass is 19.4. The molecule has 11 heteroatoms. The molecule has 0 unspecified atom stereocenters. The molecule has 32 heavy (non-hydrogen) atoms. The summed E-state index contributed by atoms with van der Waals surface area (Å²) in [6.07, 6.45) is 1.79. The summed E-state index contributed by atoms with van der Waals surface area (Å²) in [5.41, 5.74) is 1.20. The number of aryl methyl sites for hydroxylation is 1. The predicted molar refractivity (Wildman–Crippen MR) is 108 cm³/mol. The van der Waals surface area contributed by atoms with E-state index in [9.17, 15) is 18.0 Å². The molecule has 8 nitrogen and oxygen atoms in total. The molecule has 1 aliphatic heterocycles. The van der Waals surface area contributed by atoms with Gasteiger partial charge >= 0.3 is 6.18 Å². The molecule has 0 spiro atoms. The van der Waals surface area contributed by atoms with Gasteiger partial charge in [0.05, 0.1) is 35.2 Å². The van der Waals surface area contributed by atoms with Crippen LogP contribution < -0.4 is 5.32 Å². The zero-order chi connectivity index (χ0) is 22.5. The smallest absolute Gasteiger partial charge is 0.349 e.